The number of rotatable bonds is 4. The summed E-state index contributed by atoms with van der Waals surface area (Å²) in [4.78, 5) is 19.7. The van der Waals surface area contributed by atoms with Gasteiger partial charge in [0.1, 0.15) is 10.8 Å². The maximum atomic E-state index is 11.9. The summed E-state index contributed by atoms with van der Waals surface area (Å²) in [6.45, 7) is 1.95. The second kappa shape index (κ2) is 6.81. The van der Waals surface area contributed by atoms with Crippen molar-refractivity contribution in [3.8, 4) is 0 Å². The number of nitrogens with one attached hydrogen (secondary N) is 1. The van der Waals surface area contributed by atoms with E-state index in [0.717, 1.165) is 16.5 Å². The Morgan fingerprint density at radius 2 is 2.00 bits per heavy atom. The summed E-state index contributed by atoms with van der Waals surface area (Å²) in [6.07, 6.45) is 3.47. The molecule has 1 aromatic carbocycles. The van der Waals surface area contributed by atoms with Gasteiger partial charge >= 0.3 is 0 Å². The van der Waals surface area contributed by atoms with Crippen molar-refractivity contribution in [2.45, 2.75) is 19.4 Å². The summed E-state index contributed by atoms with van der Waals surface area (Å²) in [7, 11) is 0. The Labute approximate surface area is 130 Å². The molecule has 0 saturated heterocycles. The second-order valence-electron chi connectivity index (χ2n) is 4.43. The average molecular weight is 355 g/mol. The predicted molar refractivity (Wildman–Crippen MR) is 81.8 cm³/mol. The van der Waals surface area contributed by atoms with Crippen LogP contribution >= 0.6 is 27.5 Å². The van der Waals surface area contributed by atoms with Gasteiger partial charge in [-0.1, -0.05) is 39.7 Å². The van der Waals surface area contributed by atoms with E-state index in [1.807, 2.05) is 31.2 Å². The number of hydrogen-bond acceptors (Lipinski definition) is 3. The van der Waals surface area contributed by atoms with Crippen LogP contribution in [0.25, 0.3) is 0 Å². The van der Waals surface area contributed by atoms with Crippen molar-refractivity contribution in [2.75, 3.05) is 0 Å². The Bertz CT molecular complexity index is 586. The van der Waals surface area contributed by atoms with Gasteiger partial charge < -0.3 is 5.32 Å². The molecule has 2 rings (SSSR count). The monoisotopic (exact) mass is 353 g/mol. The lowest BCUT2D eigenvalue weighted by Crippen LogP contribution is -2.34. The first-order chi connectivity index (χ1) is 9.54. The quantitative estimate of drug-likeness (QED) is 0.917. The maximum Gasteiger partial charge on any atom is 0.271 e. The van der Waals surface area contributed by atoms with Gasteiger partial charge in [-0.15, -0.1) is 0 Å². The molecule has 2 aromatic rings. The Morgan fingerprint density at radius 3 is 2.60 bits per heavy atom. The Balaban J connectivity index is 1.93. The fraction of sp³-hybridized carbons (Fsp3) is 0.214. The molecular weight excluding hydrogens is 342 g/mol. The third kappa shape index (κ3) is 4.28. The highest BCUT2D eigenvalue weighted by atomic mass is 79.9. The number of nitrogens with zero attached hydrogens (tertiary/aromatic N) is 2. The third-order valence-corrected chi connectivity index (χ3v) is 3.41. The minimum absolute atomic E-state index is 0.00107. The van der Waals surface area contributed by atoms with Gasteiger partial charge in [0.05, 0.1) is 12.4 Å². The zero-order chi connectivity index (χ0) is 14.5. The van der Waals surface area contributed by atoms with Crippen molar-refractivity contribution in [1.29, 1.82) is 0 Å². The van der Waals surface area contributed by atoms with E-state index < -0.39 is 0 Å². The second-order valence-corrected chi connectivity index (χ2v) is 5.73. The van der Waals surface area contributed by atoms with Crippen molar-refractivity contribution in [3.05, 3.63) is 57.5 Å². The van der Waals surface area contributed by atoms with E-state index in [1.54, 1.807) is 0 Å². The average Bonchev–Trinajstić information content (AvgIpc) is 2.42. The summed E-state index contributed by atoms with van der Waals surface area (Å²) in [5, 5.41) is 3.15. The molecule has 0 radical (unpaired) electrons. The zero-order valence-electron chi connectivity index (χ0n) is 10.8. The smallest absolute Gasteiger partial charge is 0.271 e. The highest BCUT2D eigenvalue weighted by molar-refractivity contribution is 9.10. The van der Waals surface area contributed by atoms with E-state index >= 15 is 0 Å². The molecule has 1 aromatic heterocycles. The largest absolute Gasteiger partial charge is 0.348 e. The zero-order valence-corrected chi connectivity index (χ0v) is 13.1. The first-order valence-electron chi connectivity index (χ1n) is 6.07. The van der Waals surface area contributed by atoms with Crippen molar-refractivity contribution in [2.24, 2.45) is 0 Å². The summed E-state index contributed by atoms with van der Waals surface area (Å²) < 4.78 is 1.04. The predicted octanol–water partition coefficient (Wildman–Crippen LogP) is 3.25. The molecule has 1 heterocycles. The Morgan fingerprint density at radius 1 is 1.30 bits per heavy atom. The van der Waals surface area contributed by atoms with Crippen LogP contribution in [0.3, 0.4) is 0 Å². The van der Waals surface area contributed by atoms with Crippen molar-refractivity contribution < 1.29 is 4.79 Å². The molecule has 0 saturated carbocycles. The molecule has 0 bridgehead atoms. The highest BCUT2D eigenvalue weighted by Gasteiger charge is 2.11. The third-order valence-electron chi connectivity index (χ3n) is 2.69. The van der Waals surface area contributed by atoms with Crippen LogP contribution in [-0.4, -0.2) is 21.9 Å². The van der Waals surface area contributed by atoms with Gasteiger partial charge in [0.15, 0.2) is 0 Å². The molecule has 6 heteroatoms. The van der Waals surface area contributed by atoms with Crippen LogP contribution in [0, 0.1) is 0 Å². The van der Waals surface area contributed by atoms with Crippen LogP contribution < -0.4 is 5.32 Å². The molecule has 0 spiro atoms. The minimum Gasteiger partial charge on any atom is -0.348 e. The number of carbonyl (C=O) groups is 1. The SMILES string of the molecule is CC(Cc1ccc(Br)cc1)NC(=O)c1cnc(Cl)cn1. The molecule has 4 nitrogen and oxygen atoms in total. The molecule has 1 amide bonds. The lowest BCUT2D eigenvalue weighted by atomic mass is 10.1. The summed E-state index contributed by atoms with van der Waals surface area (Å²) in [6, 6.07) is 8.01. The van der Waals surface area contributed by atoms with Crippen LogP contribution in [0.15, 0.2) is 41.1 Å². The van der Waals surface area contributed by atoms with E-state index in [1.165, 1.54) is 12.4 Å². The van der Waals surface area contributed by atoms with E-state index in [0.29, 0.717) is 0 Å². The molecular formula is C14H13BrClN3O. The summed E-state index contributed by atoms with van der Waals surface area (Å²) in [5.41, 5.74) is 1.42. The van der Waals surface area contributed by atoms with Crippen LogP contribution in [0.5, 0.6) is 0 Å². The molecule has 1 atom stereocenters. The van der Waals surface area contributed by atoms with Gasteiger partial charge in [0.25, 0.3) is 5.91 Å². The van der Waals surface area contributed by atoms with Crippen LogP contribution in [0.1, 0.15) is 23.0 Å². The molecule has 104 valence electrons. The molecule has 20 heavy (non-hydrogen) atoms. The van der Waals surface area contributed by atoms with Crippen molar-refractivity contribution >= 4 is 33.4 Å². The highest BCUT2D eigenvalue weighted by Crippen LogP contribution is 2.12. The standard InChI is InChI=1S/C14H13BrClN3O/c1-9(6-10-2-4-11(15)5-3-10)19-14(20)12-7-18-13(16)8-17-12/h2-5,7-9H,6H2,1H3,(H,19,20). The lowest BCUT2D eigenvalue weighted by Gasteiger charge is -2.13. The van der Waals surface area contributed by atoms with E-state index in [4.69, 9.17) is 11.6 Å². The Kier molecular flexibility index (Phi) is 5.09. The van der Waals surface area contributed by atoms with Crippen LogP contribution in [0.2, 0.25) is 5.15 Å². The first-order valence-corrected chi connectivity index (χ1v) is 7.24. The van der Waals surface area contributed by atoms with E-state index in [-0.39, 0.29) is 22.8 Å². The minimum atomic E-state index is -0.251. The summed E-state index contributed by atoms with van der Waals surface area (Å²) >= 11 is 9.03. The number of carbonyl (C=O) groups excluding carboxylic acids is 1. The normalized spacial score (nSPS) is 11.9. The number of aromatic nitrogens is 2. The van der Waals surface area contributed by atoms with Gasteiger partial charge in [-0.3, -0.25) is 4.79 Å². The van der Waals surface area contributed by atoms with Gasteiger partial charge in [-0.05, 0) is 31.0 Å². The van der Waals surface area contributed by atoms with Gasteiger partial charge in [-0.2, -0.15) is 0 Å². The van der Waals surface area contributed by atoms with Crippen molar-refractivity contribution in [1.82, 2.24) is 15.3 Å². The topological polar surface area (TPSA) is 54.9 Å². The van der Waals surface area contributed by atoms with E-state index in [9.17, 15) is 4.79 Å². The van der Waals surface area contributed by atoms with E-state index in [2.05, 4.69) is 31.2 Å². The fourth-order valence-corrected chi connectivity index (χ4v) is 2.11. The number of amides is 1. The van der Waals surface area contributed by atoms with Gasteiger partial charge in [0.2, 0.25) is 0 Å². The van der Waals surface area contributed by atoms with Crippen molar-refractivity contribution in [3.63, 3.8) is 0 Å². The number of benzene rings is 1. The molecule has 0 aliphatic rings. The van der Waals surface area contributed by atoms with Gasteiger partial charge in [0, 0.05) is 10.5 Å². The summed E-state index contributed by atoms with van der Waals surface area (Å²) in [5.74, 6) is -0.251. The fourth-order valence-electron chi connectivity index (χ4n) is 1.75. The molecule has 0 aliphatic carbocycles. The number of halogens is 2. The van der Waals surface area contributed by atoms with Crippen LogP contribution in [0.4, 0.5) is 0 Å². The van der Waals surface area contributed by atoms with Crippen LogP contribution in [-0.2, 0) is 6.42 Å². The molecule has 1 unspecified atom stereocenters. The molecule has 0 aliphatic heterocycles. The molecule has 1 N–H and O–H groups in total. The Hall–Kier alpha value is -1.46. The van der Waals surface area contributed by atoms with Gasteiger partial charge in [-0.25, -0.2) is 9.97 Å². The molecule has 0 fully saturated rings. The number of hydrogen-bond donors (Lipinski definition) is 1. The first kappa shape index (κ1) is 14.9. The maximum absolute atomic E-state index is 11.9. The lowest BCUT2D eigenvalue weighted by molar-refractivity contribution is 0.0934.